The predicted molar refractivity (Wildman–Crippen MR) is 145 cm³/mol. The van der Waals surface area contributed by atoms with Crippen molar-refractivity contribution in [1.29, 1.82) is 0 Å². The second-order valence-electron chi connectivity index (χ2n) is 8.63. The second kappa shape index (κ2) is 11.0. The van der Waals surface area contributed by atoms with Crippen LogP contribution in [0.5, 0.6) is 0 Å². The Balaban J connectivity index is 1.34. The van der Waals surface area contributed by atoms with Crippen molar-refractivity contribution in [3.8, 4) is 5.69 Å². The molecule has 2 N–H and O–H groups in total. The van der Waals surface area contributed by atoms with Gasteiger partial charge in [0, 0.05) is 27.6 Å². The SMILES string of the molecule is C=C(/C=C\CC(Cc1ccccc1)C(=O)Nc1ccc2cn[nH]c2c1)c1cc(Cl)ccc1-n1cnnn1. The van der Waals surface area contributed by atoms with Crippen molar-refractivity contribution in [3.63, 3.8) is 0 Å². The standard InChI is InChI=1S/C28H24ClN7O/c1-19(25-15-23(29)11-13-27(25)36-18-31-34-35-36)6-5-9-21(14-20-7-3-2-4-8-20)28(37)32-24-12-10-22-17-30-33-26(22)16-24/h2-8,10-13,15-18,21H,1,9,14H2,(H,30,33)(H,32,37)/b6-5-. The van der Waals surface area contributed by atoms with Crippen molar-refractivity contribution < 1.29 is 4.79 Å². The fourth-order valence-corrected chi connectivity index (χ4v) is 4.31. The van der Waals surface area contributed by atoms with Gasteiger partial charge in [-0.25, -0.2) is 0 Å². The first-order valence-corrected chi connectivity index (χ1v) is 12.1. The minimum atomic E-state index is -0.290. The lowest BCUT2D eigenvalue weighted by molar-refractivity contribution is -0.119. The second-order valence-corrected chi connectivity index (χ2v) is 9.06. The van der Waals surface area contributed by atoms with Gasteiger partial charge in [0.1, 0.15) is 6.33 Å². The number of amides is 1. The van der Waals surface area contributed by atoms with E-state index in [1.807, 2.05) is 72.8 Å². The Kier molecular flexibility index (Phi) is 7.19. The molecule has 0 saturated heterocycles. The van der Waals surface area contributed by atoms with Crippen LogP contribution in [0.3, 0.4) is 0 Å². The molecule has 5 rings (SSSR count). The van der Waals surface area contributed by atoms with E-state index in [1.165, 1.54) is 6.33 Å². The molecule has 2 heterocycles. The number of benzene rings is 3. The molecule has 5 aromatic rings. The molecule has 37 heavy (non-hydrogen) atoms. The molecule has 9 heteroatoms. The Labute approximate surface area is 218 Å². The normalized spacial score (nSPS) is 12.1. The fourth-order valence-electron chi connectivity index (χ4n) is 4.14. The maximum atomic E-state index is 13.4. The maximum Gasteiger partial charge on any atom is 0.228 e. The first-order valence-electron chi connectivity index (χ1n) is 11.7. The Morgan fingerprint density at radius 1 is 1.14 bits per heavy atom. The van der Waals surface area contributed by atoms with Crippen molar-refractivity contribution in [2.45, 2.75) is 12.8 Å². The minimum Gasteiger partial charge on any atom is -0.326 e. The van der Waals surface area contributed by atoms with Gasteiger partial charge in [0.25, 0.3) is 0 Å². The zero-order chi connectivity index (χ0) is 25.6. The molecule has 3 aromatic carbocycles. The lowest BCUT2D eigenvalue weighted by Crippen LogP contribution is -2.24. The number of nitrogens with zero attached hydrogens (tertiary/aromatic N) is 5. The zero-order valence-electron chi connectivity index (χ0n) is 19.9. The van der Waals surface area contributed by atoms with E-state index in [1.54, 1.807) is 16.9 Å². The molecule has 0 fully saturated rings. The summed E-state index contributed by atoms with van der Waals surface area (Å²) < 4.78 is 1.56. The number of halogens is 1. The average Bonchev–Trinajstić information content (AvgIpc) is 3.61. The molecule has 0 saturated carbocycles. The van der Waals surface area contributed by atoms with Gasteiger partial charge in [-0.15, -0.1) is 5.10 Å². The summed E-state index contributed by atoms with van der Waals surface area (Å²) in [6, 6.07) is 21.1. The number of fused-ring (bicyclic) bond motifs is 1. The molecule has 0 spiro atoms. The maximum absolute atomic E-state index is 13.4. The number of carbonyl (C=O) groups excluding carboxylic acids is 1. The van der Waals surface area contributed by atoms with Crippen molar-refractivity contribution in [1.82, 2.24) is 30.4 Å². The molecule has 1 amide bonds. The van der Waals surface area contributed by atoms with Gasteiger partial charge in [-0.2, -0.15) is 9.78 Å². The number of tetrazole rings is 1. The first-order chi connectivity index (χ1) is 18.1. The first kappa shape index (κ1) is 24.1. The summed E-state index contributed by atoms with van der Waals surface area (Å²) in [5, 5.41) is 23.0. The molecule has 0 aliphatic rings. The minimum absolute atomic E-state index is 0.0601. The summed E-state index contributed by atoms with van der Waals surface area (Å²) in [6.45, 7) is 4.22. The van der Waals surface area contributed by atoms with Gasteiger partial charge in [-0.1, -0.05) is 60.7 Å². The van der Waals surface area contributed by atoms with Crippen LogP contribution in [-0.2, 0) is 11.2 Å². The van der Waals surface area contributed by atoms with E-state index >= 15 is 0 Å². The van der Waals surface area contributed by atoms with Crippen LogP contribution in [0.15, 0.2) is 98.0 Å². The lowest BCUT2D eigenvalue weighted by atomic mass is 9.94. The van der Waals surface area contributed by atoms with Crippen LogP contribution in [0.4, 0.5) is 5.69 Å². The Hall–Kier alpha value is -4.56. The molecule has 8 nitrogen and oxygen atoms in total. The van der Waals surface area contributed by atoms with Gasteiger partial charge >= 0.3 is 0 Å². The quantitative estimate of drug-likeness (QED) is 0.250. The number of H-pyrrole nitrogens is 1. The zero-order valence-corrected chi connectivity index (χ0v) is 20.6. The highest BCUT2D eigenvalue weighted by Gasteiger charge is 2.19. The number of carbonyl (C=O) groups is 1. The van der Waals surface area contributed by atoms with Crippen molar-refractivity contribution in [2.24, 2.45) is 5.92 Å². The molecule has 0 aliphatic carbocycles. The van der Waals surface area contributed by atoms with Crippen LogP contribution in [0.25, 0.3) is 22.2 Å². The molecule has 184 valence electrons. The average molecular weight is 510 g/mol. The molecule has 0 aliphatic heterocycles. The smallest absolute Gasteiger partial charge is 0.228 e. The summed E-state index contributed by atoms with van der Waals surface area (Å²) in [4.78, 5) is 13.4. The Morgan fingerprint density at radius 2 is 2.00 bits per heavy atom. The summed E-state index contributed by atoms with van der Waals surface area (Å²) in [6.07, 6.45) is 8.26. The van der Waals surface area contributed by atoms with Crippen LogP contribution in [-0.4, -0.2) is 36.3 Å². The van der Waals surface area contributed by atoms with E-state index in [4.69, 9.17) is 11.6 Å². The van der Waals surface area contributed by atoms with Gasteiger partial charge in [-0.3, -0.25) is 9.89 Å². The topological polar surface area (TPSA) is 101 Å². The molecular weight excluding hydrogens is 486 g/mol. The number of anilines is 1. The van der Waals surface area contributed by atoms with Gasteiger partial charge in [-0.05, 0) is 70.8 Å². The van der Waals surface area contributed by atoms with E-state index in [2.05, 4.69) is 37.6 Å². The molecule has 0 radical (unpaired) electrons. The van der Waals surface area contributed by atoms with Crippen LogP contribution in [0.2, 0.25) is 5.02 Å². The van der Waals surface area contributed by atoms with Crippen molar-refractivity contribution in [2.75, 3.05) is 5.32 Å². The summed E-state index contributed by atoms with van der Waals surface area (Å²) >= 11 is 6.26. The third-order valence-corrected chi connectivity index (χ3v) is 6.28. The van der Waals surface area contributed by atoms with Crippen molar-refractivity contribution >= 4 is 39.7 Å². The number of aromatic nitrogens is 6. The molecule has 2 aromatic heterocycles. The number of rotatable bonds is 9. The summed E-state index contributed by atoms with van der Waals surface area (Å²) in [5.74, 6) is -0.350. The monoisotopic (exact) mass is 509 g/mol. The Morgan fingerprint density at radius 3 is 2.81 bits per heavy atom. The predicted octanol–water partition coefficient (Wildman–Crippen LogP) is 5.65. The van der Waals surface area contributed by atoms with Gasteiger partial charge in [0.15, 0.2) is 0 Å². The number of hydrogen-bond donors (Lipinski definition) is 2. The van der Waals surface area contributed by atoms with Gasteiger partial charge in [0.2, 0.25) is 5.91 Å². The number of hydrogen-bond acceptors (Lipinski definition) is 5. The summed E-state index contributed by atoms with van der Waals surface area (Å²) in [7, 11) is 0. The lowest BCUT2D eigenvalue weighted by Gasteiger charge is -2.16. The van der Waals surface area contributed by atoms with Crippen LogP contribution < -0.4 is 5.32 Å². The number of allylic oxidation sites excluding steroid dienone is 3. The molecule has 1 atom stereocenters. The van der Waals surface area contributed by atoms with E-state index in [0.717, 1.165) is 39.0 Å². The highest BCUT2D eigenvalue weighted by Crippen LogP contribution is 2.26. The Bertz CT molecular complexity index is 1560. The highest BCUT2D eigenvalue weighted by atomic mass is 35.5. The van der Waals surface area contributed by atoms with Gasteiger partial charge < -0.3 is 5.32 Å². The van der Waals surface area contributed by atoms with Crippen LogP contribution in [0.1, 0.15) is 17.5 Å². The van der Waals surface area contributed by atoms with E-state index in [-0.39, 0.29) is 11.8 Å². The molecule has 0 bridgehead atoms. The largest absolute Gasteiger partial charge is 0.326 e. The number of nitrogens with one attached hydrogen (secondary N) is 2. The van der Waals surface area contributed by atoms with Crippen LogP contribution in [0, 0.1) is 5.92 Å². The molecular formula is C28H24ClN7O. The van der Waals surface area contributed by atoms with E-state index in [9.17, 15) is 4.79 Å². The van der Waals surface area contributed by atoms with E-state index < -0.39 is 0 Å². The van der Waals surface area contributed by atoms with Crippen molar-refractivity contribution in [3.05, 3.63) is 114 Å². The number of aromatic amines is 1. The van der Waals surface area contributed by atoms with E-state index in [0.29, 0.717) is 17.9 Å². The third-order valence-electron chi connectivity index (χ3n) is 6.05. The van der Waals surface area contributed by atoms with Gasteiger partial charge in [0.05, 0.1) is 17.4 Å². The fraction of sp³-hybridized carbons (Fsp3) is 0.107. The highest BCUT2D eigenvalue weighted by molar-refractivity contribution is 6.30. The molecule has 1 unspecified atom stereocenters. The summed E-state index contributed by atoms with van der Waals surface area (Å²) in [5.41, 5.74) is 4.97. The van der Waals surface area contributed by atoms with Crippen LogP contribution >= 0.6 is 11.6 Å². The third kappa shape index (κ3) is 5.82.